The smallest absolute Gasteiger partial charge is 0.295 e. The predicted molar refractivity (Wildman–Crippen MR) is 132 cm³/mol. The number of rotatable bonds is 11. The maximum Gasteiger partial charge on any atom is 0.295 e. The molecule has 1 aliphatic rings. The third-order valence-electron chi connectivity index (χ3n) is 5.70. The Morgan fingerprint density at radius 2 is 1.74 bits per heavy atom. The quantitative estimate of drug-likeness (QED) is 0.220. The number of likely N-dealkylation sites (tertiary alicyclic amines) is 1. The minimum atomic E-state index is -0.790. The Morgan fingerprint density at radius 3 is 2.34 bits per heavy atom. The van der Waals surface area contributed by atoms with E-state index in [1.54, 1.807) is 56.7 Å². The molecule has 8 heteroatoms. The first-order valence-electron chi connectivity index (χ1n) is 11.7. The standard InChI is InChI=1S/C27H33NO7/c1-6-34-22-16-19(10-13-21(22)33-5)24-23(25(29)18-8-11-20(32-4)12-9-18)26(30)27(31)28(24)14-7-15-35-17(2)3/h8-13,16-17,24,29H,6-7,14-15H2,1-5H3/b25-23-. The van der Waals surface area contributed by atoms with E-state index in [2.05, 4.69) is 0 Å². The van der Waals surface area contributed by atoms with Gasteiger partial charge in [-0.3, -0.25) is 9.59 Å². The number of benzene rings is 2. The Labute approximate surface area is 206 Å². The molecular formula is C27H33NO7. The van der Waals surface area contributed by atoms with Gasteiger partial charge in [-0.25, -0.2) is 0 Å². The van der Waals surface area contributed by atoms with Crippen molar-refractivity contribution in [2.45, 2.75) is 39.3 Å². The molecule has 1 heterocycles. The van der Waals surface area contributed by atoms with Crippen LogP contribution in [-0.4, -0.2) is 61.8 Å². The third-order valence-corrected chi connectivity index (χ3v) is 5.70. The van der Waals surface area contributed by atoms with Crippen molar-refractivity contribution in [1.82, 2.24) is 4.90 Å². The molecule has 1 amide bonds. The molecule has 1 N–H and O–H groups in total. The van der Waals surface area contributed by atoms with Gasteiger partial charge in [-0.05, 0) is 69.2 Å². The zero-order chi connectivity index (χ0) is 25.5. The number of carbonyl (C=O) groups is 2. The van der Waals surface area contributed by atoms with Crippen molar-refractivity contribution in [2.75, 3.05) is 34.0 Å². The summed E-state index contributed by atoms with van der Waals surface area (Å²) >= 11 is 0. The summed E-state index contributed by atoms with van der Waals surface area (Å²) in [4.78, 5) is 27.8. The van der Waals surface area contributed by atoms with Crippen LogP contribution in [0.3, 0.4) is 0 Å². The maximum absolute atomic E-state index is 13.2. The predicted octanol–water partition coefficient (Wildman–Crippen LogP) is 4.34. The zero-order valence-corrected chi connectivity index (χ0v) is 20.9. The monoisotopic (exact) mass is 483 g/mol. The van der Waals surface area contributed by atoms with Gasteiger partial charge >= 0.3 is 0 Å². The third kappa shape index (κ3) is 5.77. The number of hydrogen-bond donors (Lipinski definition) is 1. The summed E-state index contributed by atoms with van der Waals surface area (Å²) in [5, 5.41) is 11.2. The first kappa shape index (κ1) is 26.1. The van der Waals surface area contributed by atoms with E-state index >= 15 is 0 Å². The largest absolute Gasteiger partial charge is 0.507 e. The minimum Gasteiger partial charge on any atom is -0.507 e. The van der Waals surface area contributed by atoms with Crippen LogP contribution in [-0.2, 0) is 14.3 Å². The lowest BCUT2D eigenvalue weighted by atomic mass is 9.95. The van der Waals surface area contributed by atoms with Crippen LogP contribution in [0.2, 0.25) is 0 Å². The molecule has 1 saturated heterocycles. The lowest BCUT2D eigenvalue weighted by Crippen LogP contribution is -2.31. The van der Waals surface area contributed by atoms with Crippen molar-refractivity contribution in [3.8, 4) is 17.2 Å². The minimum absolute atomic E-state index is 0.0255. The molecule has 1 aliphatic heterocycles. The zero-order valence-electron chi connectivity index (χ0n) is 20.9. The van der Waals surface area contributed by atoms with Crippen LogP contribution in [0.25, 0.3) is 5.76 Å². The van der Waals surface area contributed by atoms with Crippen LogP contribution in [0.4, 0.5) is 0 Å². The summed E-state index contributed by atoms with van der Waals surface area (Å²) < 4.78 is 21.9. The molecule has 35 heavy (non-hydrogen) atoms. The van der Waals surface area contributed by atoms with Gasteiger partial charge in [-0.1, -0.05) is 6.07 Å². The number of aliphatic hydroxyl groups is 1. The van der Waals surface area contributed by atoms with Crippen LogP contribution in [0, 0.1) is 0 Å². The molecule has 2 aromatic rings. The molecular weight excluding hydrogens is 450 g/mol. The number of ketones is 1. The summed E-state index contributed by atoms with van der Waals surface area (Å²) in [6.45, 7) is 6.88. The van der Waals surface area contributed by atoms with E-state index in [1.165, 1.54) is 4.90 Å². The number of Topliss-reactive ketones (excluding diaryl/α,β-unsaturated/α-hetero) is 1. The van der Waals surface area contributed by atoms with E-state index in [0.29, 0.717) is 48.0 Å². The van der Waals surface area contributed by atoms with E-state index in [0.717, 1.165) is 0 Å². The highest BCUT2D eigenvalue weighted by Crippen LogP contribution is 2.42. The summed E-state index contributed by atoms with van der Waals surface area (Å²) in [5.74, 6) is -0.00472. The lowest BCUT2D eigenvalue weighted by molar-refractivity contribution is -0.140. The Bertz CT molecular complexity index is 1080. The molecule has 0 radical (unpaired) electrons. The molecule has 0 saturated carbocycles. The normalized spacial score (nSPS) is 17.2. The molecule has 0 spiro atoms. The topological polar surface area (TPSA) is 94.5 Å². The fourth-order valence-corrected chi connectivity index (χ4v) is 4.05. The lowest BCUT2D eigenvalue weighted by Gasteiger charge is -2.26. The number of aliphatic hydroxyl groups excluding tert-OH is 1. The number of carbonyl (C=O) groups excluding carboxylic acids is 2. The van der Waals surface area contributed by atoms with Gasteiger partial charge in [0, 0.05) is 18.7 Å². The first-order valence-corrected chi connectivity index (χ1v) is 11.7. The van der Waals surface area contributed by atoms with Crippen molar-refractivity contribution in [3.05, 3.63) is 59.2 Å². The second kappa shape index (κ2) is 11.8. The van der Waals surface area contributed by atoms with Gasteiger partial charge in [0.2, 0.25) is 0 Å². The SMILES string of the molecule is CCOc1cc(C2/C(=C(/O)c3ccc(OC)cc3)C(=O)C(=O)N2CCCOC(C)C)ccc1OC. The number of hydrogen-bond acceptors (Lipinski definition) is 7. The van der Waals surface area contributed by atoms with Crippen molar-refractivity contribution < 1.29 is 33.6 Å². The highest BCUT2D eigenvalue weighted by atomic mass is 16.5. The summed E-state index contributed by atoms with van der Waals surface area (Å²) in [5.41, 5.74) is 1.07. The Morgan fingerprint density at radius 1 is 1.03 bits per heavy atom. The maximum atomic E-state index is 13.2. The molecule has 0 aromatic heterocycles. The fraction of sp³-hybridized carbons (Fsp3) is 0.407. The van der Waals surface area contributed by atoms with Crippen molar-refractivity contribution in [1.29, 1.82) is 0 Å². The van der Waals surface area contributed by atoms with Gasteiger partial charge in [0.1, 0.15) is 11.5 Å². The molecule has 1 unspecified atom stereocenters. The van der Waals surface area contributed by atoms with Crippen LogP contribution in [0.1, 0.15) is 44.4 Å². The molecule has 8 nitrogen and oxygen atoms in total. The Balaban J connectivity index is 2.09. The van der Waals surface area contributed by atoms with Crippen molar-refractivity contribution >= 4 is 17.4 Å². The number of ether oxygens (including phenoxy) is 4. The van der Waals surface area contributed by atoms with Gasteiger partial charge < -0.3 is 29.0 Å². The Hall–Kier alpha value is -3.52. The molecule has 1 fully saturated rings. The van der Waals surface area contributed by atoms with Crippen molar-refractivity contribution in [3.63, 3.8) is 0 Å². The average Bonchev–Trinajstić information content (AvgIpc) is 3.11. The highest BCUT2D eigenvalue weighted by molar-refractivity contribution is 6.46. The van der Waals surface area contributed by atoms with E-state index in [4.69, 9.17) is 18.9 Å². The number of nitrogens with zero attached hydrogens (tertiary/aromatic N) is 1. The Kier molecular flexibility index (Phi) is 8.76. The van der Waals surface area contributed by atoms with E-state index in [-0.39, 0.29) is 24.0 Å². The number of methoxy groups -OCH3 is 2. The summed E-state index contributed by atoms with van der Waals surface area (Å²) in [6.07, 6.45) is 0.602. The molecule has 0 aliphatic carbocycles. The van der Waals surface area contributed by atoms with Crippen LogP contribution in [0.5, 0.6) is 17.2 Å². The van der Waals surface area contributed by atoms with Gasteiger partial charge in [0.05, 0.1) is 38.5 Å². The van der Waals surface area contributed by atoms with Gasteiger partial charge in [0.25, 0.3) is 11.7 Å². The van der Waals surface area contributed by atoms with Crippen LogP contribution >= 0.6 is 0 Å². The molecule has 2 aromatic carbocycles. The van der Waals surface area contributed by atoms with E-state index in [9.17, 15) is 14.7 Å². The second-order valence-corrected chi connectivity index (χ2v) is 8.34. The van der Waals surface area contributed by atoms with Crippen LogP contribution < -0.4 is 14.2 Å². The van der Waals surface area contributed by atoms with Gasteiger partial charge in [0.15, 0.2) is 11.5 Å². The summed E-state index contributed by atoms with van der Waals surface area (Å²) in [7, 11) is 3.09. The molecule has 188 valence electrons. The van der Waals surface area contributed by atoms with E-state index in [1.807, 2.05) is 20.8 Å². The molecule has 0 bridgehead atoms. The highest BCUT2D eigenvalue weighted by Gasteiger charge is 2.46. The fourth-order valence-electron chi connectivity index (χ4n) is 4.05. The number of amides is 1. The average molecular weight is 484 g/mol. The van der Waals surface area contributed by atoms with Crippen LogP contribution in [0.15, 0.2) is 48.0 Å². The molecule has 1 atom stereocenters. The second-order valence-electron chi connectivity index (χ2n) is 8.34. The first-order chi connectivity index (χ1) is 16.8. The van der Waals surface area contributed by atoms with Gasteiger partial charge in [-0.2, -0.15) is 0 Å². The molecule has 3 rings (SSSR count). The van der Waals surface area contributed by atoms with Crippen molar-refractivity contribution in [2.24, 2.45) is 0 Å². The summed E-state index contributed by atoms with van der Waals surface area (Å²) in [6, 6.07) is 11.1. The van der Waals surface area contributed by atoms with E-state index < -0.39 is 17.7 Å². The van der Waals surface area contributed by atoms with Gasteiger partial charge in [-0.15, -0.1) is 0 Å².